The second kappa shape index (κ2) is 28.9. The van der Waals surface area contributed by atoms with Gasteiger partial charge >= 0.3 is 0 Å². The summed E-state index contributed by atoms with van der Waals surface area (Å²) in [6, 6.07) is 0.416. The Morgan fingerprint density at radius 3 is 1.33 bits per heavy atom. The van der Waals surface area contributed by atoms with Gasteiger partial charge in [0.25, 0.3) is 0 Å². The second-order valence-corrected chi connectivity index (χ2v) is 14.2. The zero-order chi connectivity index (χ0) is 30.4. The van der Waals surface area contributed by atoms with Crippen LogP contribution in [0, 0.1) is 5.41 Å². The summed E-state index contributed by atoms with van der Waals surface area (Å²) in [7, 11) is 0. The van der Waals surface area contributed by atoms with Crippen molar-refractivity contribution in [3.05, 3.63) is 0 Å². The highest BCUT2D eigenvalue weighted by Gasteiger charge is 2.33. The molecule has 0 aromatic heterocycles. The molecular weight excluding hydrogens is 512 g/mol. The number of carbonyl (C=O) groups excluding carboxylic acids is 1. The first-order chi connectivity index (χ1) is 20.7. The summed E-state index contributed by atoms with van der Waals surface area (Å²) in [5, 5.41) is 3.62. The fraction of sp³-hybridized carbons (Fsp3) is 0.949. The van der Waals surface area contributed by atoms with E-state index in [-0.39, 0.29) is 5.41 Å². The molecular formula is C39H76N2O. The number of hydrogen-bond acceptors (Lipinski definition) is 3. The van der Waals surface area contributed by atoms with E-state index in [1.807, 2.05) is 0 Å². The minimum atomic E-state index is -0.0936. The lowest BCUT2D eigenvalue weighted by atomic mass is 9.80. The fourth-order valence-electron chi connectivity index (χ4n) is 6.81. The lowest BCUT2D eigenvalue weighted by molar-refractivity contribution is -0.109. The van der Waals surface area contributed by atoms with Gasteiger partial charge in [-0.1, -0.05) is 201 Å². The van der Waals surface area contributed by atoms with E-state index < -0.39 is 0 Å². The van der Waals surface area contributed by atoms with Gasteiger partial charge < -0.3 is 10.1 Å². The molecule has 42 heavy (non-hydrogen) atoms. The molecule has 1 N–H and O–H groups in total. The molecule has 0 saturated heterocycles. The summed E-state index contributed by atoms with van der Waals surface area (Å²) < 4.78 is 0. The maximum absolute atomic E-state index is 11.5. The highest BCUT2D eigenvalue weighted by Crippen LogP contribution is 2.31. The molecule has 0 spiro atoms. The van der Waals surface area contributed by atoms with E-state index in [1.54, 1.807) is 0 Å². The third kappa shape index (κ3) is 21.8. The number of unbranched alkanes of at least 4 members (excludes halogenated alkanes) is 26. The summed E-state index contributed by atoms with van der Waals surface area (Å²) in [6.45, 7) is 7.83. The third-order valence-electron chi connectivity index (χ3n) is 9.90. The Kier molecular flexibility index (Phi) is 26.9. The first kappa shape index (κ1) is 39.2. The summed E-state index contributed by atoms with van der Waals surface area (Å²) in [6.07, 6.45) is 43.2. The molecule has 0 aromatic carbocycles. The number of rotatable bonds is 33. The van der Waals surface area contributed by atoms with Gasteiger partial charge in [0, 0.05) is 18.4 Å². The molecule has 1 aliphatic heterocycles. The van der Waals surface area contributed by atoms with Crippen molar-refractivity contribution < 1.29 is 4.79 Å². The topological polar surface area (TPSA) is 41.5 Å². The molecule has 1 rings (SSSR count). The number of aldehydes is 1. The van der Waals surface area contributed by atoms with Gasteiger partial charge in [0.05, 0.1) is 6.04 Å². The number of carbonyl (C=O) groups is 1. The van der Waals surface area contributed by atoms with E-state index in [0.717, 1.165) is 25.1 Å². The van der Waals surface area contributed by atoms with Gasteiger partial charge in [-0.15, -0.1) is 0 Å². The number of nitrogens with one attached hydrogen (secondary N) is 1. The number of nitrogens with zero attached hydrogens (tertiary/aromatic N) is 1. The van der Waals surface area contributed by atoms with Gasteiger partial charge in [-0.25, -0.2) is 0 Å². The molecule has 1 aliphatic rings. The van der Waals surface area contributed by atoms with Crippen LogP contribution in [0.25, 0.3) is 0 Å². The summed E-state index contributed by atoms with van der Waals surface area (Å²) in [5.74, 6) is 1.12. The van der Waals surface area contributed by atoms with Crippen LogP contribution in [0.4, 0.5) is 0 Å². The van der Waals surface area contributed by atoms with Crippen molar-refractivity contribution in [1.29, 1.82) is 0 Å². The monoisotopic (exact) mass is 589 g/mol. The van der Waals surface area contributed by atoms with Crippen LogP contribution in [-0.4, -0.2) is 24.7 Å². The molecule has 2 atom stereocenters. The maximum Gasteiger partial charge on any atom is 0.120 e. The summed E-state index contributed by atoms with van der Waals surface area (Å²) >= 11 is 0. The predicted octanol–water partition coefficient (Wildman–Crippen LogP) is 12.7. The van der Waals surface area contributed by atoms with Gasteiger partial charge in [-0.3, -0.25) is 4.99 Å². The Hall–Kier alpha value is -0.860. The molecule has 0 bridgehead atoms. The van der Waals surface area contributed by atoms with Crippen LogP contribution in [0.15, 0.2) is 4.99 Å². The zero-order valence-corrected chi connectivity index (χ0v) is 29.1. The average molecular weight is 589 g/mol. The Labute approximate surface area is 264 Å². The van der Waals surface area contributed by atoms with Crippen molar-refractivity contribution in [2.75, 3.05) is 6.54 Å². The minimum absolute atomic E-state index is 0.0936. The molecule has 248 valence electrons. The average Bonchev–Trinajstić information content (AvgIpc) is 3.47. The van der Waals surface area contributed by atoms with Crippen molar-refractivity contribution >= 4 is 12.1 Å². The van der Waals surface area contributed by atoms with Crippen LogP contribution in [-0.2, 0) is 4.79 Å². The lowest BCUT2D eigenvalue weighted by Crippen LogP contribution is -2.37. The van der Waals surface area contributed by atoms with E-state index in [4.69, 9.17) is 4.99 Å². The lowest BCUT2D eigenvalue weighted by Gasteiger charge is -2.28. The highest BCUT2D eigenvalue weighted by molar-refractivity contribution is 5.91. The highest BCUT2D eigenvalue weighted by atomic mass is 16.1. The van der Waals surface area contributed by atoms with Crippen LogP contribution in [0.5, 0.6) is 0 Å². The Bertz CT molecular complexity index is 618. The largest absolute Gasteiger partial charge is 0.371 e. The van der Waals surface area contributed by atoms with Crippen LogP contribution in [0.1, 0.15) is 220 Å². The smallest absolute Gasteiger partial charge is 0.120 e. The first-order valence-electron chi connectivity index (χ1n) is 19.4. The van der Waals surface area contributed by atoms with Crippen molar-refractivity contribution in [2.45, 2.75) is 226 Å². The Morgan fingerprint density at radius 1 is 0.595 bits per heavy atom. The van der Waals surface area contributed by atoms with E-state index in [9.17, 15) is 4.79 Å². The third-order valence-corrected chi connectivity index (χ3v) is 9.90. The zero-order valence-electron chi connectivity index (χ0n) is 29.1. The Morgan fingerprint density at radius 2 is 0.952 bits per heavy atom. The van der Waals surface area contributed by atoms with Crippen LogP contribution < -0.4 is 5.32 Å². The van der Waals surface area contributed by atoms with Gasteiger partial charge in [0.15, 0.2) is 0 Å². The number of amidine groups is 1. The van der Waals surface area contributed by atoms with Gasteiger partial charge in [0.2, 0.25) is 0 Å². The van der Waals surface area contributed by atoms with Crippen molar-refractivity contribution in [3.63, 3.8) is 0 Å². The maximum atomic E-state index is 11.5. The normalized spacial score (nSPS) is 16.4. The molecule has 1 heterocycles. The van der Waals surface area contributed by atoms with E-state index in [0.29, 0.717) is 12.5 Å². The predicted molar refractivity (Wildman–Crippen MR) is 188 cm³/mol. The fourth-order valence-corrected chi connectivity index (χ4v) is 6.81. The van der Waals surface area contributed by atoms with Crippen LogP contribution in [0.3, 0.4) is 0 Å². The number of aliphatic imine (C=N–C) groups is 1. The van der Waals surface area contributed by atoms with Crippen molar-refractivity contribution in [1.82, 2.24) is 5.32 Å². The summed E-state index contributed by atoms with van der Waals surface area (Å²) in [5.41, 5.74) is -0.0936. The molecule has 0 saturated carbocycles. The molecule has 3 heteroatoms. The molecule has 3 nitrogen and oxygen atoms in total. The molecule has 0 aliphatic carbocycles. The minimum Gasteiger partial charge on any atom is -0.371 e. The second-order valence-electron chi connectivity index (χ2n) is 14.2. The van der Waals surface area contributed by atoms with E-state index >= 15 is 0 Å². The first-order valence-corrected chi connectivity index (χ1v) is 19.4. The summed E-state index contributed by atoms with van der Waals surface area (Å²) in [4.78, 5) is 16.6. The molecule has 0 aromatic rings. The molecule has 2 unspecified atom stereocenters. The van der Waals surface area contributed by atoms with Crippen molar-refractivity contribution in [2.24, 2.45) is 10.4 Å². The van der Waals surface area contributed by atoms with Gasteiger partial charge in [0.1, 0.15) is 12.1 Å². The standard InChI is InChI=1S/C39H76N2O/c1-4-6-8-10-12-14-16-18-19-20-21-22-24-26-28-30-32-37-36-40-38(41-37)39(3,34-35-42)33-31-29-27-25-23-17-15-13-11-9-7-5-2/h35,37H,4-34,36H2,1-3H3,(H,40,41). The van der Waals surface area contributed by atoms with E-state index in [2.05, 4.69) is 26.1 Å². The van der Waals surface area contributed by atoms with Gasteiger partial charge in [-0.2, -0.15) is 0 Å². The van der Waals surface area contributed by atoms with E-state index in [1.165, 1.54) is 186 Å². The molecule has 0 fully saturated rings. The number of hydrogen-bond donors (Lipinski definition) is 1. The Balaban J connectivity index is 2.03. The molecule has 0 amide bonds. The van der Waals surface area contributed by atoms with Crippen molar-refractivity contribution in [3.8, 4) is 0 Å². The quantitative estimate of drug-likeness (QED) is 0.0612. The SMILES string of the molecule is CCCCCCCCCCCCCCCCCCC1CNC(C(C)(CC=O)CCCCCCCCCCCCCC)=N1. The van der Waals surface area contributed by atoms with Gasteiger partial charge in [-0.05, 0) is 12.8 Å². The van der Waals surface area contributed by atoms with Crippen LogP contribution in [0.2, 0.25) is 0 Å². The van der Waals surface area contributed by atoms with Crippen LogP contribution >= 0.6 is 0 Å². The molecule has 0 radical (unpaired) electrons.